The second kappa shape index (κ2) is 4.58. The van der Waals surface area contributed by atoms with E-state index in [1.54, 1.807) is 12.3 Å². The van der Waals surface area contributed by atoms with Crippen LogP contribution in [0.5, 0.6) is 0 Å². The van der Waals surface area contributed by atoms with Crippen LogP contribution in [-0.4, -0.2) is 11.0 Å². The van der Waals surface area contributed by atoms with Gasteiger partial charge in [0.1, 0.15) is 11.8 Å². The normalized spacial score (nSPS) is 9.77. The van der Waals surface area contributed by atoms with Gasteiger partial charge in [0.2, 0.25) is 0 Å². The number of hydrogen-bond donors (Lipinski definition) is 0. The smallest absolute Gasteiger partial charge is 0.302 e. The summed E-state index contributed by atoms with van der Waals surface area (Å²) in [5.41, 5.74) is 0.686. The molecule has 0 N–H and O–H groups in total. The third-order valence-electron chi connectivity index (χ3n) is 1.31. The van der Waals surface area contributed by atoms with Crippen LogP contribution in [0.1, 0.15) is 12.5 Å². The third-order valence-corrected chi connectivity index (χ3v) is 2.08. The van der Waals surface area contributed by atoms with Crippen LogP contribution in [-0.2, 0) is 16.1 Å². The van der Waals surface area contributed by atoms with Crippen LogP contribution in [0.3, 0.4) is 0 Å². The first-order chi connectivity index (χ1) is 6.09. The van der Waals surface area contributed by atoms with Crippen LogP contribution in [0.4, 0.5) is 0 Å². The van der Waals surface area contributed by atoms with Gasteiger partial charge >= 0.3 is 5.97 Å². The molecule has 0 saturated heterocycles. The number of rotatable bonds is 2. The first-order valence-corrected chi connectivity index (χ1v) is 4.70. The molecule has 0 radical (unpaired) electrons. The van der Waals surface area contributed by atoms with Crippen LogP contribution < -0.4 is 0 Å². The van der Waals surface area contributed by atoms with Gasteiger partial charge in [-0.3, -0.25) is 4.79 Å². The second-order valence-electron chi connectivity index (χ2n) is 2.38. The molecule has 1 heterocycles. The highest BCUT2D eigenvalue weighted by molar-refractivity contribution is 9.10. The van der Waals surface area contributed by atoms with Gasteiger partial charge in [-0.2, -0.15) is 0 Å². The Bertz CT molecular complexity index is 330. The first-order valence-electron chi connectivity index (χ1n) is 3.53. The molecule has 0 bridgehead atoms. The van der Waals surface area contributed by atoms with Crippen LogP contribution >= 0.6 is 27.5 Å². The zero-order valence-electron chi connectivity index (χ0n) is 6.88. The van der Waals surface area contributed by atoms with Crippen molar-refractivity contribution in [2.45, 2.75) is 13.5 Å². The molecule has 1 aromatic heterocycles. The molecule has 0 aliphatic rings. The minimum atomic E-state index is -0.337. The Balaban J connectivity index is 2.75. The molecule has 0 fully saturated rings. The lowest BCUT2D eigenvalue weighted by atomic mass is 10.3. The fraction of sp³-hybridized carbons (Fsp3) is 0.250. The van der Waals surface area contributed by atoms with Gasteiger partial charge in [0, 0.05) is 23.2 Å². The number of carbonyl (C=O) groups is 1. The van der Waals surface area contributed by atoms with Gasteiger partial charge in [0.15, 0.2) is 0 Å². The fourth-order valence-corrected chi connectivity index (χ4v) is 1.28. The molecule has 13 heavy (non-hydrogen) atoms. The summed E-state index contributed by atoms with van der Waals surface area (Å²) in [5, 5.41) is 0.351. The highest BCUT2D eigenvalue weighted by atomic mass is 79.9. The monoisotopic (exact) mass is 263 g/mol. The molecule has 0 spiro atoms. The van der Waals surface area contributed by atoms with E-state index < -0.39 is 0 Å². The van der Waals surface area contributed by atoms with E-state index in [4.69, 9.17) is 16.3 Å². The van der Waals surface area contributed by atoms with Gasteiger partial charge in [-0.15, -0.1) is 0 Å². The predicted octanol–water partition coefficient (Wildman–Crippen LogP) is 2.56. The molecule has 0 saturated carbocycles. The van der Waals surface area contributed by atoms with E-state index in [1.807, 2.05) is 0 Å². The summed E-state index contributed by atoms with van der Waals surface area (Å²) in [6, 6.07) is 1.76. The average molecular weight is 265 g/mol. The fourth-order valence-electron chi connectivity index (χ4n) is 0.745. The molecule has 0 aliphatic heterocycles. The third kappa shape index (κ3) is 3.32. The number of nitrogens with zero attached hydrogens (tertiary/aromatic N) is 1. The molecular formula is C8H7BrClNO2. The lowest BCUT2D eigenvalue weighted by Gasteiger charge is -2.03. The summed E-state index contributed by atoms with van der Waals surface area (Å²) in [4.78, 5) is 14.4. The van der Waals surface area contributed by atoms with E-state index in [-0.39, 0.29) is 12.6 Å². The van der Waals surface area contributed by atoms with Crippen LogP contribution in [0, 0.1) is 0 Å². The molecule has 0 aliphatic carbocycles. The molecule has 70 valence electrons. The number of halogens is 2. The van der Waals surface area contributed by atoms with Gasteiger partial charge in [-0.05, 0) is 22.0 Å². The maximum absolute atomic E-state index is 10.5. The maximum Gasteiger partial charge on any atom is 0.302 e. The number of aromatic nitrogens is 1. The summed E-state index contributed by atoms with van der Waals surface area (Å²) < 4.78 is 5.58. The van der Waals surface area contributed by atoms with E-state index in [0.29, 0.717) is 10.7 Å². The topological polar surface area (TPSA) is 39.2 Å². The van der Waals surface area contributed by atoms with E-state index in [0.717, 1.165) is 4.47 Å². The summed E-state index contributed by atoms with van der Waals surface area (Å²) in [6.07, 6.45) is 1.58. The molecule has 1 aromatic rings. The van der Waals surface area contributed by atoms with Crippen molar-refractivity contribution in [1.29, 1.82) is 0 Å². The SMILES string of the molecule is CC(=O)OCc1cc(Br)cnc1Cl. The minimum Gasteiger partial charge on any atom is -0.461 e. The molecule has 5 heteroatoms. The van der Waals surface area contributed by atoms with Crippen molar-refractivity contribution in [2.75, 3.05) is 0 Å². The Kier molecular flexibility index (Phi) is 3.69. The predicted molar refractivity (Wildman–Crippen MR) is 52.4 cm³/mol. The lowest BCUT2D eigenvalue weighted by Crippen LogP contribution is -2.00. The summed E-state index contributed by atoms with van der Waals surface area (Å²) in [6.45, 7) is 1.50. The molecule has 0 aromatic carbocycles. The van der Waals surface area contributed by atoms with Crippen molar-refractivity contribution < 1.29 is 9.53 Å². The number of esters is 1. The zero-order valence-corrected chi connectivity index (χ0v) is 9.22. The minimum absolute atomic E-state index is 0.153. The lowest BCUT2D eigenvalue weighted by molar-refractivity contribution is -0.142. The van der Waals surface area contributed by atoms with Gasteiger partial charge in [0.25, 0.3) is 0 Å². The molecule has 3 nitrogen and oxygen atoms in total. The Morgan fingerprint density at radius 2 is 2.46 bits per heavy atom. The van der Waals surface area contributed by atoms with Crippen LogP contribution in [0.2, 0.25) is 5.15 Å². The molecule has 0 unspecified atom stereocenters. The van der Waals surface area contributed by atoms with Gasteiger partial charge in [-0.25, -0.2) is 4.98 Å². The Morgan fingerprint density at radius 1 is 1.77 bits per heavy atom. The van der Waals surface area contributed by atoms with Crippen LogP contribution in [0.15, 0.2) is 16.7 Å². The number of ether oxygens (including phenoxy) is 1. The van der Waals surface area contributed by atoms with Gasteiger partial charge in [0.05, 0.1) is 0 Å². The van der Waals surface area contributed by atoms with Crippen molar-refractivity contribution in [3.05, 3.63) is 27.5 Å². The molecule has 0 atom stereocenters. The van der Waals surface area contributed by atoms with Crippen molar-refractivity contribution >= 4 is 33.5 Å². The van der Waals surface area contributed by atoms with E-state index >= 15 is 0 Å². The molecule has 1 rings (SSSR count). The number of carbonyl (C=O) groups excluding carboxylic acids is 1. The summed E-state index contributed by atoms with van der Waals surface area (Å²) >= 11 is 9.00. The second-order valence-corrected chi connectivity index (χ2v) is 3.66. The number of pyridine rings is 1. The van der Waals surface area contributed by atoms with Crippen molar-refractivity contribution in [3.8, 4) is 0 Å². The van der Waals surface area contributed by atoms with E-state index in [1.165, 1.54) is 6.92 Å². The molecule has 0 amide bonds. The van der Waals surface area contributed by atoms with Gasteiger partial charge < -0.3 is 4.74 Å². The summed E-state index contributed by atoms with van der Waals surface area (Å²) in [7, 11) is 0. The highest BCUT2D eigenvalue weighted by Gasteiger charge is 2.03. The van der Waals surface area contributed by atoms with Crippen LogP contribution in [0.25, 0.3) is 0 Å². The highest BCUT2D eigenvalue weighted by Crippen LogP contribution is 2.18. The molecular weight excluding hydrogens is 257 g/mol. The van der Waals surface area contributed by atoms with Crippen molar-refractivity contribution in [2.24, 2.45) is 0 Å². The first kappa shape index (κ1) is 10.5. The number of hydrogen-bond acceptors (Lipinski definition) is 3. The van der Waals surface area contributed by atoms with Crippen molar-refractivity contribution in [1.82, 2.24) is 4.98 Å². The standard InChI is InChI=1S/C8H7BrClNO2/c1-5(12)13-4-6-2-7(9)3-11-8(6)10/h2-3H,4H2,1H3. The zero-order chi connectivity index (χ0) is 9.84. The quantitative estimate of drug-likeness (QED) is 0.609. The van der Waals surface area contributed by atoms with E-state index in [9.17, 15) is 4.79 Å². The van der Waals surface area contributed by atoms with Gasteiger partial charge in [-0.1, -0.05) is 11.6 Å². The Labute approximate surface area is 89.2 Å². The Morgan fingerprint density at radius 3 is 3.08 bits per heavy atom. The average Bonchev–Trinajstić information content (AvgIpc) is 2.06. The largest absolute Gasteiger partial charge is 0.461 e. The van der Waals surface area contributed by atoms with Crippen molar-refractivity contribution in [3.63, 3.8) is 0 Å². The Hall–Kier alpha value is -0.610. The van der Waals surface area contributed by atoms with E-state index in [2.05, 4.69) is 20.9 Å². The summed E-state index contributed by atoms with van der Waals surface area (Å²) in [5.74, 6) is -0.337. The maximum atomic E-state index is 10.5.